The Labute approximate surface area is 182 Å². The molecular weight excluding hydrogens is 422 g/mol. The third kappa shape index (κ3) is 4.11. The molecule has 2 aliphatic heterocycles. The maximum atomic E-state index is 13.2. The summed E-state index contributed by atoms with van der Waals surface area (Å²) in [6.45, 7) is 3.73. The van der Waals surface area contributed by atoms with Crippen molar-refractivity contribution >= 4 is 27.5 Å². The van der Waals surface area contributed by atoms with Crippen LogP contribution in [0.15, 0.2) is 47.6 Å². The summed E-state index contributed by atoms with van der Waals surface area (Å²) in [6, 6.07) is 8.89. The summed E-state index contributed by atoms with van der Waals surface area (Å²) in [4.78, 5) is 19.5. The molecule has 30 heavy (non-hydrogen) atoms. The van der Waals surface area contributed by atoms with Gasteiger partial charge in [0.05, 0.1) is 10.8 Å². The molecule has 0 N–H and O–H groups in total. The number of halogens is 1. The molecule has 1 amide bonds. The standard InChI is InChI=1S/C22H26ClN3O3S/c1-16-20(23)7-2-8-21(16)30(28,29)26-11-4-6-19(15-26)22(27)25-12-9-18(14-25)17-5-3-10-24-13-17/h2-3,5,7-8,10,13,18-19H,4,6,9,11-12,14-15H2,1H3/t18-,19-/m0/s1. The quantitative estimate of drug-likeness (QED) is 0.719. The molecule has 160 valence electrons. The van der Waals surface area contributed by atoms with E-state index >= 15 is 0 Å². The fraction of sp³-hybridized carbons (Fsp3) is 0.455. The zero-order valence-electron chi connectivity index (χ0n) is 17.0. The van der Waals surface area contributed by atoms with Crippen LogP contribution in [0, 0.1) is 12.8 Å². The normalized spacial score (nSPS) is 22.9. The van der Waals surface area contributed by atoms with Gasteiger partial charge in [0.1, 0.15) is 0 Å². The van der Waals surface area contributed by atoms with Crippen LogP contribution in [0.4, 0.5) is 0 Å². The molecule has 2 saturated heterocycles. The average molecular weight is 448 g/mol. The van der Waals surface area contributed by atoms with Crippen molar-refractivity contribution in [2.75, 3.05) is 26.2 Å². The van der Waals surface area contributed by atoms with E-state index in [1.807, 2.05) is 23.2 Å². The van der Waals surface area contributed by atoms with Gasteiger partial charge in [0.15, 0.2) is 0 Å². The van der Waals surface area contributed by atoms with Crippen molar-refractivity contribution in [1.82, 2.24) is 14.2 Å². The molecule has 1 aromatic carbocycles. The Kier molecular flexibility index (Phi) is 6.14. The van der Waals surface area contributed by atoms with Gasteiger partial charge in [-0.05, 0) is 55.5 Å². The molecule has 6 nitrogen and oxygen atoms in total. The molecule has 2 aromatic rings. The molecule has 0 saturated carbocycles. The predicted octanol–water partition coefficient (Wildman–Crippen LogP) is 3.46. The van der Waals surface area contributed by atoms with Gasteiger partial charge in [-0.1, -0.05) is 23.7 Å². The Balaban J connectivity index is 1.46. The highest BCUT2D eigenvalue weighted by atomic mass is 35.5. The molecule has 1 aromatic heterocycles. The Bertz CT molecular complexity index is 1030. The third-order valence-electron chi connectivity index (χ3n) is 6.22. The zero-order chi connectivity index (χ0) is 21.3. The van der Waals surface area contributed by atoms with E-state index in [0.29, 0.717) is 49.0 Å². The molecule has 0 radical (unpaired) electrons. The van der Waals surface area contributed by atoms with Crippen molar-refractivity contribution < 1.29 is 13.2 Å². The topological polar surface area (TPSA) is 70.6 Å². The maximum absolute atomic E-state index is 13.2. The number of piperidine rings is 1. The zero-order valence-corrected chi connectivity index (χ0v) is 18.6. The number of hydrogen-bond donors (Lipinski definition) is 0. The van der Waals surface area contributed by atoms with Crippen molar-refractivity contribution in [2.24, 2.45) is 5.92 Å². The minimum atomic E-state index is -3.69. The Morgan fingerprint density at radius 2 is 1.97 bits per heavy atom. The first-order valence-electron chi connectivity index (χ1n) is 10.3. The van der Waals surface area contributed by atoms with Crippen LogP contribution < -0.4 is 0 Å². The van der Waals surface area contributed by atoms with E-state index in [2.05, 4.69) is 4.98 Å². The lowest BCUT2D eigenvalue weighted by Crippen LogP contribution is -2.46. The summed E-state index contributed by atoms with van der Waals surface area (Å²) in [5.41, 5.74) is 1.70. The van der Waals surface area contributed by atoms with Gasteiger partial charge in [0, 0.05) is 49.5 Å². The Morgan fingerprint density at radius 3 is 2.73 bits per heavy atom. The van der Waals surface area contributed by atoms with Gasteiger partial charge in [-0.3, -0.25) is 9.78 Å². The van der Waals surface area contributed by atoms with E-state index < -0.39 is 10.0 Å². The van der Waals surface area contributed by atoms with Crippen molar-refractivity contribution in [3.05, 3.63) is 58.9 Å². The number of amides is 1. The SMILES string of the molecule is Cc1c(Cl)cccc1S(=O)(=O)N1CCC[C@H](C(=O)N2CC[C@H](c3cccnc3)C2)C1. The van der Waals surface area contributed by atoms with Crippen molar-refractivity contribution in [1.29, 1.82) is 0 Å². The smallest absolute Gasteiger partial charge is 0.243 e. The maximum Gasteiger partial charge on any atom is 0.243 e. The predicted molar refractivity (Wildman–Crippen MR) is 116 cm³/mol. The molecule has 0 spiro atoms. The van der Waals surface area contributed by atoms with Gasteiger partial charge in [-0.15, -0.1) is 0 Å². The highest BCUT2D eigenvalue weighted by Crippen LogP contribution is 2.32. The van der Waals surface area contributed by atoms with Crippen LogP contribution in [0.5, 0.6) is 0 Å². The summed E-state index contributed by atoms with van der Waals surface area (Å²) < 4.78 is 27.9. The minimum absolute atomic E-state index is 0.0594. The van der Waals surface area contributed by atoms with Crippen molar-refractivity contribution in [3.63, 3.8) is 0 Å². The summed E-state index contributed by atoms with van der Waals surface area (Å²) in [5, 5.41) is 0.430. The van der Waals surface area contributed by atoms with E-state index in [-0.39, 0.29) is 23.3 Å². The van der Waals surface area contributed by atoms with Crippen LogP contribution in [-0.4, -0.2) is 54.7 Å². The average Bonchev–Trinajstić information content (AvgIpc) is 3.26. The van der Waals surface area contributed by atoms with Gasteiger partial charge in [0.25, 0.3) is 0 Å². The van der Waals surface area contributed by atoms with Crippen LogP contribution in [0.2, 0.25) is 5.02 Å². The number of carbonyl (C=O) groups excluding carboxylic acids is 1. The summed E-state index contributed by atoms with van der Waals surface area (Å²) >= 11 is 6.14. The fourth-order valence-electron chi connectivity index (χ4n) is 4.48. The molecule has 8 heteroatoms. The number of hydrogen-bond acceptors (Lipinski definition) is 4. The fourth-order valence-corrected chi connectivity index (χ4v) is 6.48. The largest absolute Gasteiger partial charge is 0.342 e. The monoisotopic (exact) mass is 447 g/mol. The van der Waals surface area contributed by atoms with Gasteiger partial charge in [-0.25, -0.2) is 8.42 Å². The second-order valence-electron chi connectivity index (χ2n) is 8.12. The lowest BCUT2D eigenvalue weighted by atomic mass is 9.98. The van der Waals surface area contributed by atoms with Gasteiger partial charge >= 0.3 is 0 Å². The Hall–Kier alpha value is -1.96. The first kappa shape index (κ1) is 21.3. The van der Waals surface area contributed by atoms with Crippen LogP contribution in [0.25, 0.3) is 0 Å². The van der Waals surface area contributed by atoms with Crippen molar-refractivity contribution in [3.8, 4) is 0 Å². The number of aromatic nitrogens is 1. The van der Waals surface area contributed by atoms with E-state index in [4.69, 9.17) is 11.6 Å². The number of likely N-dealkylation sites (tertiary alicyclic amines) is 1. The first-order chi connectivity index (χ1) is 14.4. The third-order valence-corrected chi connectivity index (χ3v) is 8.64. The van der Waals surface area contributed by atoms with Gasteiger partial charge in [0.2, 0.25) is 15.9 Å². The number of nitrogens with zero attached hydrogens (tertiary/aromatic N) is 3. The molecule has 0 aliphatic carbocycles. The Morgan fingerprint density at radius 1 is 1.13 bits per heavy atom. The molecule has 0 unspecified atom stereocenters. The van der Waals surface area contributed by atoms with Gasteiger partial charge in [-0.2, -0.15) is 4.31 Å². The van der Waals surface area contributed by atoms with Crippen LogP contribution in [0.1, 0.15) is 36.3 Å². The van der Waals surface area contributed by atoms with Gasteiger partial charge < -0.3 is 4.90 Å². The van der Waals surface area contributed by atoms with E-state index in [1.54, 1.807) is 31.3 Å². The number of benzene rings is 1. The molecule has 2 fully saturated rings. The molecule has 4 rings (SSSR count). The first-order valence-corrected chi connectivity index (χ1v) is 12.1. The van der Waals surface area contributed by atoms with Crippen LogP contribution in [-0.2, 0) is 14.8 Å². The molecule has 2 aliphatic rings. The van der Waals surface area contributed by atoms with Crippen molar-refractivity contribution in [2.45, 2.75) is 37.0 Å². The van der Waals surface area contributed by atoms with E-state index in [9.17, 15) is 13.2 Å². The molecule has 2 atom stereocenters. The molecular formula is C22H26ClN3O3S. The molecule has 0 bridgehead atoms. The lowest BCUT2D eigenvalue weighted by Gasteiger charge is -2.33. The minimum Gasteiger partial charge on any atom is -0.342 e. The highest BCUT2D eigenvalue weighted by Gasteiger charge is 2.37. The lowest BCUT2D eigenvalue weighted by molar-refractivity contribution is -0.135. The second-order valence-corrected chi connectivity index (χ2v) is 10.4. The van der Waals surface area contributed by atoms with Crippen LogP contribution >= 0.6 is 11.6 Å². The summed E-state index contributed by atoms with van der Waals surface area (Å²) in [6.07, 6.45) is 5.91. The van der Waals surface area contributed by atoms with Crippen LogP contribution in [0.3, 0.4) is 0 Å². The van der Waals surface area contributed by atoms with E-state index in [1.165, 1.54) is 4.31 Å². The second kappa shape index (κ2) is 8.65. The highest BCUT2D eigenvalue weighted by molar-refractivity contribution is 7.89. The number of carbonyl (C=O) groups is 1. The summed E-state index contributed by atoms with van der Waals surface area (Å²) in [7, 11) is -3.69. The number of rotatable bonds is 4. The number of sulfonamides is 1. The number of pyridine rings is 1. The molecule has 3 heterocycles. The van der Waals surface area contributed by atoms with E-state index in [0.717, 1.165) is 12.0 Å². The summed E-state index contributed by atoms with van der Waals surface area (Å²) in [5.74, 6) is 0.0463.